The zero-order chi connectivity index (χ0) is 12.8. The topological polar surface area (TPSA) is 59.2 Å². The first kappa shape index (κ1) is 13.9. The number of nitrogens with two attached hydrogens (primary N) is 1. The maximum atomic E-state index is 11.9. The van der Waals surface area contributed by atoms with E-state index in [4.69, 9.17) is 17.3 Å². The van der Waals surface area contributed by atoms with Crippen molar-refractivity contribution in [2.24, 2.45) is 0 Å². The Balaban J connectivity index is 2.66. The van der Waals surface area contributed by atoms with E-state index < -0.39 is 0 Å². The maximum absolute atomic E-state index is 11.9. The van der Waals surface area contributed by atoms with Crippen molar-refractivity contribution in [2.45, 2.75) is 20.3 Å². The van der Waals surface area contributed by atoms with E-state index in [0.29, 0.717) is 17.0 Å². The van der Waals surface area contributed by atoms with Gasteiger partial charge < -0.3 is 10.6 Å². The first-order valence-electron chi connectivity index (χ1n) is 5.75. The van der Waals surface area contributed by atoms with Gasteiger partial charge in [0.2, 0.25) is 0 Å². The van der Waals surface area contributed by atoms with Gasteiger partial charge in [0.15, 0.2) is 5.78 Å². The van der Waals surface area contributed by atoms with Gasteiger partial charge in [-0.3, -0.25) is 4.79 Å². The summed E-state index contributed by atoms with van der Waals surface area (Å²) in [6.07, 6.45) is 1.88. The number of aromatic nitrogens is 1. The summed E-state index contributed by atoms with van der Waals surface area (Å²) >= 11 is 5.80. The number of nitrogen functional groups attached to an aromatic ring is 1. The van der Waals surface area contributed by atoms with Gasteiger partial charge in [0.05, 0.1) is 10.6 Å². The van der Waals surface area contributed by atoms with E-state index in [0.717, 1.165) is 19.6 Å². The van der Waals surface area contributed by atoms with Crippen molar-refractivity contribution in [3.05, 3.63) is 22.8 Å². The lowest BCUT2D eigenvalue weighted by atomic mass is 10.1. The van der Waals surface area contributed by atoms with Crippen molar-refractivity contribution >= 4 is 23.2 Å². The van der Waals surface area contributed by atoms with E-state index in [1.54, 1.807) is 6.07 Å². The number of ketones is 1. The molecular weight excluding hydrogens is 238 g/mol. The van der Waals surface area contributed by atoms with Gasteiger partial charge in [0.25, 0.3) is 0 Å². The number of anilines is 1. The Bertz CT molecular complexity index is 391. The predicted molar refractivity (Wildman–Crippen MR) is 70.4 cm³/mol. The summed E-state index contributed by atoms with van der Waals surface area (Å²) in [7, 11) is 0. The third-order valence-corrected chi connectivity index (χ3v) is 2.94. The first-order valence-corrected chi connectivity index (χ1v) is 6.12. The molecule has 1 aromatic rings. The maximum Gasteiger partial charge on any atom is 0.167 e. The van der Waals surface area contributed by atoms with E-state index in [-0.39, 0.29) is 11.6 Å². The monoisotopic (exact) mass is 255 g/mol. The van der Waals surface area contributed by atoms with Gasteiger partial charge in [-0.2, -0.15) is 0 Å². The molecule has 4 nitrogen and oxygen atoms in total. The Kier molecular flexibility index (Phi) is 5.38. The summed E-state index contributed by atoms with van der Waals surface area (Å²) in [5, 5.41) is 0.436. The van der Waals surface area contributed by atoms with Crippen molar-refractivity contribution in [1.29, 1.82) is 0 Å². The summed E-state index contributed by atoms with van der Waals surface area (Å²) < 4.78 is 0. The normalized spacial score (nSPS) is 10.8. The smallest absolute Gasteiger partial charge is 0.167 e. The Morgan fingerprint density at radius 1 is 1.47 bits per heavy atom. The van der Waals surface area contributed by atoms with Crippen LogP contribution >= 0.6 is 11.6 Å². The van der Waals surface area contributed by atoms with Gasteiger partial charge in [0.1, 0.15) is 5.82 Å². The molecule has 0 aliphatic carbocycles. The number of hydrogen-bond donors (Lipinski definition) is 1. The molecule has 0 saturated carbocycles. The number of rotatable bonds is 6. The average molecular weight is 256 g/mol. The van der Waals surface area contributed by atoms with Crippen LogP contribution in [0.5, 0.6) is 0 Å². The van der Waals surface area contributed by atoms with Crippen LogP contribution in [0.4, 0.5) is 5.82 Å². The van der Waals surface area contributed by atoms with E-state index >= 15 is 0 Å². The Labute approximate surface area is 107 Å². The number of carbonyl (C=O) groups excluding carboxylic acids is 1. The highest BCUT2D eigenvalue weighted by Gasteiger charge is 2.12. The molecule has 0 aliphatic heterocycles. The average Bonchev–Trinajstić information content (AvgIpc) is 2.33. The molecule has 0 fully saturated rings. The largest absolute Gasteiger partial charge is 0.383 e. The zero-order valence-corrected chi connectivity index (χ0v) is 11.0. The third kappa shape index (κ3) is 3.98. The molecule has 2 N–H and O–H groups in total. The van der Waals surface area contributed by atoms with Crippen LogP contribution in [-0.2, 0) is 0 Å². The van der Waals surface area contributed by atoms with E-state index in [9.17, 15) is 4.79 Å². The molecule has 94 valence electrons. The SMILES string of the molecule is CCN(CC)CCC(=O)c1cc(Cl)cnc1N. The van der Waals surface area contributed by atoms with Gasteiger partial charge in [-0.1, -0.05) is 25.4 Å². The molecule has 17 heavy (non-hydrogen) atoms. The minimum Gasteiger partial charge on any atom is -0.383 e. The van der Waals surface area contributed by atoms with Gasteiger partial charge in [-0.05, 0) is 19.2 Å². The molecule has 0 bridgehead atoms. The van der Waals surface area contributed by atoms with Gasteiger partial charge in [0, 0.05) is 19.2 Å². The number of Topliss-reactive ketones (excluding diaryl/α,β-unsaturated/α-hetero) is 1. The summed E-state index contributed by atoms with van der Waals surface area (Å²) in [6.45, 7) is 6.75. The highest BCUT2D eigenvalue weighted by molar-refractivity contribution is 6.31. The van der Waals surface area contributed by atoms with Crippen molar-refractivity contribution in [3.8, 4) is 0 Å². The molecule has 0 aromatic carbocycles. The van der Waals surface area contributed by atoms with Crippen LogP contribution in [0.3, 0.4) is 0 Å². The Morgan fingerprint density at radius 3 is 2.71 bits per heavy atom. The van der Waals surface area contributed by atoms with Gasteiger partial charge in [-0.15, -0.1) is 0 Å². The van der Waals surface area contributed by atoms with Gasteiger partial charge in [-0.25, -0.2) is 4.98 Å². The van der Waals surface area contributed by atoms with E-state index in [1.165, 1.54) is 6.20 Å². The Hall–Kier alpha value is -1.13. The molecule has 1 aromatic heterocycles. The van der Waals surface area contributed by atoms with Crippen molar-refractivity contribution in [3.63, 3.8) is 0 Å². The highest BCUT2D eigenvalue weighted by atomic mass is 35.5. The molecule has 0 radical (unpaired) electrons. The van der Waals surface area contributed by atoms with Crippen molar-refractivity contribution in [1.82, 2.24) is 9.88 Å². The molecule has 0 saturated heterocycles. The standard InChI is InChI=1S/C12H18ClN3O/c1-3-16(4-2)6-5-11(17)10-7-9(13)8-15-12(10)14/h7-8H,3-6H2,1-2H3,(H2,14,15). The van der Waals surface area contributed by atoms with Crippen LogP contribution in [0, 0.1) is 0 Å². The van der Waals surface area contributed by atoms with Crippen LogP contribution in [0.15, 0.2) is 12.3 Å². The Morgan fingerprint density at radius 2 is 2.12 bits per heavy atom. The van der Waals surface area contributed by atoms with E-state index in [1.807, 2.05) is 0 Å². The highest BCUT2D eigenvalue weighted by Crippen LogP contribution is 2.16. The summed E-state index contributed by atoms with van der Waals surface area (Å²) in [6, 6.07) is 1.58. The lowest BCUT2D eigenvalue weighted by molar-refractivity contribution is 0.0967. The predicted octanol–water partition coefficient (Wildman–Crippen LogP) is 2.23. The molecule has 0 atom stereocenters. The molecule has 5 heteroatoms. The second kappa shape index (κ2) is 6.57. The fourth-order valence-electron chi connectivity index (χ4n) is 1.61. The summed E-state index contributed by atoms with van der Waals surface area (Å²) in [5.74, 6) is 0.239. The fraction of sp³-hybridized carbons (Fsp3) is 0.500. The van der Waals surface area contributed by atoms with Crippen LogP contribution in [-0.4, -0.2) is 35.3 Å². The van der Waals surface area contributed by atoms with Crippen LogP contribution in [0.25, 0.3) is 0 Å². The fourth-order valence-corrected chi connectivity index (χ4v) is 1.77. The number of hydrogen-bond acceptors (Lipinski definition) is 4. The van der Waals surface area contributed by atoms with Crippen LogP contribution < -0.4 is 5.73 Å². The lowest BCUT2D eigenvalue weighted by Gasteiger charge is -2.17. The number of pyridine rings is 1. The third-order valence-electron chi connectivity index (χ3n) is 2.74. The molecular formula is C12H18ClN3O. The van der Waals surface area contributed by atoms with Crippen LogP contribution in [0.1, 0.15) is 30.6 Å². The minimum atomic E-state index is -0.00981. The molecule has 0 aliphatic rings. The molecule has 0 spiro atoms. The molecule has 1 rings (SSSR count). The first-order chi connectivity index (χ1) is 8.08. The molecule has 0 unspecified atom stereocenters. The second-order valence-corrected chi connectivity index (χ2v) is 4.22. The van der Waals surface area contributed by atoms with Crippen molar-refractivity contribution < 1.29 is 4.79 Å². The van der Waals surface area contributed by atoms with E-state index in [2.05, 4.69) is 23.7 Å². The number of halogens is 1. The summed E-state index contributed by atoms with van der Waals surface area (Å²) in [4.78, 5) is 18.0. The lowest BCUT2D eigenvalue weighted by Crippen LogP contribution is -2.26. The molecule has 0 amide bonds. The quantitative estimate of drug-likeness (QED) is 0.792. The minimum absolute atomic E-state index is 0.00981. The number of nitrogens with zero attached hydrogens (tertiary/aromatic N) is 2. The number of carbonyl (C=O) groups is 1. The summed E-state index contributed by atoms with van der Waals surface area (Å²) in [5.41, 5.74) is 6.08. The zero-order valence-electron chi connectivity index (χ0n) is 10.2. The second-order valence-electron chi connectivity index (χ2n) is 3.79. The van der Waals surface area contributed by atoms with Crippen LogP contribution in [0.2, 0.25) is 5.02 Å². The van der Waals surface area contributed by atoms with Gasteiger partial charge >= 0.3 is 0 Å². The molecule has 1 heterocycles. The van der Waals surface area contributed by atoms with Crippen molar-refractivity contribution in [2.75, 3.05) is 25.4 Å².